The number of carbonyl (C=O) groups excluding carboxylic acids is 4. The summed E-state index contributed by atoms with van der Waals surface area (Å²) >= 11 is 0. The average Bonchev–Trinajstić information content (AvgIpc) is 0.751. The maximum absolute atomic E-state index is 13.6. The first kappa shape index (κ1) is 98.3. The van der Waals surface area contributed by atoms with Crippen molar-refractivity contribution in [3.05, 3.63) is 0 Å². The number of carbonyl (C=O) groups is 4. The van der Waals surface area contributed by atoms with Crippen LogP contribution in [0.5, 0.6) is 0 Å². The Kier molecular flexibility index (Phi) is 34.7. The van der Waals surface area contributed by atoms with E-state index in [-0.39, 0.29) is 0 Å². The molecule has 0 aromatic carbocycles. The van der Waals surface area contributed by atoms with E-state index in [9.17, 15) is 147 Å². The van der Waals surface area contributed by atoms with Gasteiger partial charge in [-0.25, -0.2) is 0 Å². The molecule has 120 heavy (non-hydrogen) atoms. The lowest BCUT2D eigenvalue weighted by Crippen LogP contribution is -2.72. The highest BCUT2D eigenvalue weighted by atomic mass is 16.8. The summed E-state index contributed by atoms with van der Waals surface area (Å²) in [6.07, 6.45) is -93.6. The summed E-state index contributed by atoms with van der Waals surface area (Å²) < 4.78 is 115. The van der Waals surface area contributed by atoms with Crippen LogP contribution < -0.4 is 21.3 Å². The molecule has 0 saturated carbocycles. The zero-order chi connectivity index (χ0) is 88.4. The lowest BCUT2D eigenvalue weighted by atomic mass is 9.93. The molecule has 694 valence electrons. The molecule has 10 aliphatic rings. The fourth-order valence-electron chi connectivity index (χ4n) is 15.7. The molecule has 29 N–H and O–H groups in total. The van der Waals surface area contributed by atoms with Gasteiger partial charge in [0.25, 0.3) is 0 Å². The van der Waals surface area contributed by atoms with E-state index in [0.29, 0.717) is 0 Å². The Balaban J connectivity index is 1.00. The summed E-state index contributed by atoms with van der Waals surface area (Å²) in [5, 5.41) is 290. The predicted octanol–water partition coefficient (Wildman–Crippen LogP) is -19.1. The molecular weight excluding hydrogens is 1640 g/mol. The number of rotatable bonds is 29. The van der Waals surface area contributed by atoms with Gasteiger partial charge in [0, 0.05) is 27.7 Å². The fourth-order valence-corrected chi connectivity index (χ4v) is 15.7. The van der Waals surface area contributed by atoms with E-state index in [1.807, 2.05) is 0 Å². The summed E-state index contributed by atoms with van der Waals surface area (Å²) in [4.78, 5) is 52.6. The number of hydrogen-bond acceptors (Lipinski definition) is 48. The van der Waals surface area contributed by atoms with E-state index in [2.05, 4.69) is 21.3 Å². The third kappa shape index (κ3) is 21.6. The van der Waals surface area contributed by atoms with E-state index in [4.69, 9.17) is 90.0 Å². The van der Waals surface area contributed by atoms with E-state index in [0.717, 1.165) is 27.7 Å². The molecule has 0 spiro atoms. The fraction of sp³-hybridized carbons (Fsp3) is 0.941. The van der Waals surface area contributed by atoms with Crippen LogP contribution in [0.1, 0.15) is 48.5 Å². The van der Waals surface area contributed by atoms with Crippen molar-refractivity contribution in [1.29, 1.82) is 0 Å². The minimum atomic E-state index is -2.60. The molecule has 52 nitrogen and oxygen atoms in total. The molecule has 0 radical (unpaired) electrons. The van der Waals surface area contributed by atoms with Crippen molar-refractivity contribution in [1.82, 2.24) is 21.3 Å². The molecule has 0 aliphatic carbocycles. The number of nitrogens with one attached hydrogen (secondary N) is 4. The maximum atomic E-state index is 13.6. The highest BCUT2D eigenvalue weighted by Crippen LogP contribution is 2.41. The first-order chi connectivity index (χ1) is 56.6. The Labute approximate surface area is 681 Å². The molecule has 10 saturated heterocycles. The molecule has 10 rings (SSSR count). The Bertz CT molecular complexity index is 3250. The Morgan fingerprint density at radius 3 is 1.01 bits per heavy atom. The van der Waals surface area contributed by atoms with Crippen LogP contribution >= 0.6 is 0 Å². The topological polar surface area (TPSA) is 798 Å². The van der Waals surface area contributed by atoms with Crippen LogP contribution in [0.2, 0.25) is 0 Å². The van der Waals surface area contributed by atoms with Gasteiger partial charge >= 0.3 is 0 Å². The van der Waals surface area contributed by atoms with E-state index in [1.165, 1.54) is 20.8 Å². The molecule has 10 aliphatic heterocycles. The smallest absolute Gasteiger partial charge is 0.217 e. The van der Waals surface area contributed by atoms with E-state index < -0.39 is 377 Å². The van der Waals surface area contributed by atoms with Crippen LogP contribution in [0.25, 0.3) is 0 Å². The van der Waals surface area contributed by atoms with Crippen LogP contribution in [0.3, 0.4) is 0 Å². The van der Waals surface area contributed by atoms with Crippen molar-refractivity contribution in [2.75, 3.05) is 46.2 Å². The zero-order valence-corrected chi connectivity index (χ0v) is 65.4. The quantitative estimate of drug-likeness (QED) is 0.0331. The summed E-state index contributed by atoms with van der Waals surface area (Å²) in [6, 6.07) is -7.71. The van der Waals surface area contributed by atoms with Crippen LogP contribution in [0.4, 0.5) is 0 Å². The van der Waals surface area contributed by atoms with Gasteiger partial charge in [0.2, 0.25) is 23.6 Å². The average molecular weight is 1760 g/mol. The van der Waals surface area contributed by atoms with Gasteiger partial charge in [0.1, 0.15) is 226 Å². The molecule has 50 atom stereocenters. The number of hydrogen-bond donors (Lipinski definition) is 29. The van der Waals surface area contributed by atoms with Crippen LogP contribution in [0, 0.1) is 0 Å². The van der Waals surface area contributed by atoms with Gasteiger partial charge in [-0.05, 0) is 20.8 Å². The van der Waals surface area contributed by atoms with Crippen LogP contribution in [-0.4, -0.2) is 504 Å². The van der Waals surface area contributed by atoms with Crippen molar-refractivity contribution in [2.24, 2.45) is 0 Å². The number of aliphatic hydroxyl groups is 25. The third-order valence-electron chi connectivity index (χ3n) is 22.3. The number of aliphatic hydroxyl groups excluding tert-OH is 25. The van der Waals surface area contributed by atoms with Crippen molar-refractivity contribution in [2.45, 2.75) is 355 Å². The Morgan fingerprint density at radius 2 is 0.533 bits per heavy atom. The molecule has 0 bridgehead atoms. The number of ether oxygens (including phenoxy) is 19. The largest absolute Gasteiger partial charge is 0.394 e. The second kappa shape index (κ2) is 42.4. The molecule has 10 heterocycles. The van der Waals surface area contributed by atoms with Crippen LogP contribution in [0.15, 0.2) is 0 Å². The molecular formula is C68H114N4O48. The van der Waals surface area contributed by atoms with Gasteiger partial charge in [-0.15, -0.1) is 0 Å². The molecule has 0 unspecified atom stereocenters. The maximum Gasteiger partial charge on any atom is 0.217 e. The van der Waals surface area contributed by atoms with Crippen molar-refractivity contribution in [3.63, 3.8) is 0 Å². The zero-order valence-electron chi connectivity index (χ0n) is 65.4. The van der Waals surface area contributed by atoms with Gasteiger partial charge < -0.3 is 239 Å². The van der Waals surface area contributed by atoms with Crippen molar-refractivity contribution in [3.8, 4) is 0 Å². The first-order valence-corrected chi connectivity index (χ1v) is 38.7. The molecule has 4 amide bonds. The second-order valence-electron chi connectivity index (χ2n) is 31.0. The van der Waals surface area contributed by atoms with Gasteiger partial charge in [-0.3, -0.25) is 19.2 Å². The lowest BCUT2D eigenvalue weighted by Gasteiger charge is -2.52. The summed E-state index contributed by atoms with van der Waals surface area (Å²) in [5.41, 5.74) is 0. The second-order valence-corrected chi connectivity index (χ2v) is 31.0. The minimum Gasteiger partial charge on any atom is -0.394 e. The molecule has 10 fully saturated rings. The van der Waals surface area contributed by atoms with Gasteiger partial charge in [0.05, 0.1) is 64.6 Å². The summed E-state index contributed by atoms with van der Waals surface area (Å²) in [7, 11) is 0. The highest BCUT2D eigenvalue weighted by Gasteiger charge is 2.62. The van der Waals surface area contributed by atoms with E-state index in [1.54, 1.807) is 0 Å². The van der Waals surface area contributed by atoms with Crippen LogP contribution in [-0.2, 0) is 109 Å². The van der Waals surface area contributed by atoms with Gasteiger partial charge in [-0.2, -0.15) is 0 Å². The minimum absolute atomic E-state index is 0.852. The first-order valence-electron chi connectivity index (χ1n) is 38.7. The Morgan fingerprint density at radius 1 is 0.233 bits per heavy atom. The van der Waals surface area contributed by atoms with Gasteiger partial charge in [0.15, 0.2) is 62.9 Å². The normalized spacial score (nSPS) is 50.3. The predicted molar refractivity (Wildman–Crippen MR) is 372 cm³/mol. The van der Waals surface area contributed by atoms with Gasteiger partial charge in [-0.1, -0.05) is 0 Å². The van der Waals surface area contributed by atoms with E-state index >= 15 is 0 Å². The summed E-state index contributed by atoms with van der Waals surface area (Å²) in [5.74, 6) is -3.76. The lowest BCUT2D eigenvalue weighted by molar-refractivity contribution is -0.402. The molecule has 52 heteroatoms. The third-order valence-corrected chi connectivity index (χ3v) is 22.3. The summed E-state index contributed by atoms with van der Waals surface area (Å²) in [6.45, 7) is -0.104. The molecule has 0 aromatic rings. The van der Waals surface area contributed by atoms with Crippen molar-refractivity contribution >= 4 is 23.6 Å². The molecule has 0 aromatic heterocycles. The monoisotopic (exact) mass is 1750 g/mol. The highest BCUT2D eigenvalue weighted by molar-refractivity contribution is 5.74. The number of amides is 4. The standard InChI is InChI=1S/C68H114N4O48/c1-15-33(82)42(91)47(96)63(104-15)103-14-28-54(55(31(59(101)107-28)71-20(6)80)117-65-49(98)43(92)34(83)16(2)105-65)116-61-30(70-19(5)79)41(90)52(25(11-76)111-61)114-67-51(100)57(39(88)27(113-67)13-102-64-48(97)45(94)37(86)23(9-74)109-64)119-68-58(46(95)38(87)24(10-75)110-68)120-62-32(72-21(7)81)56(118-66-50(99)44(93)35(84)17(3)106-66)53(26(12-77)112-62)115-60-29(69-18(4)78)40(89)36(85)22(8-73)108-60/h15-17,22-68,73-77,82-101H,8-14H2,1-7H3,(H,69,78)(H,70,79)(H,71,80)(H,72,81)/t15-,16-,17-,22+,23+,24+,25+,26+,27+,28+,29+,30+,31+,32+,33+,34+,35+,36-,37+,38+,39+,40+,41+,42+,43+,44+,45-,46-,47-,48-,49+,50-,51-,52+,53+,54+,55+,56+,57-,58-,59+,60-,61-,62-,63+,64-,65-,66-,67-,68+/m0/s1. The Hall–Kier alpha value is -3.88. The van der Waals surface area contributed by atoms with Crippen molar-refractivity contribution < 1.29 is 237 Å². The SMILES string of the molecule is CC(=O)N[C@@H]1[C@@H](O[C@@H]2O[C@@H](C)[C@@H](O)[C@@H](O)[C@H]2O)[C@H](O[C@@H]2O[C@H](CO)[C@@H](O[C@@H]3O[C@H](CO[C@H]4O[C@H](CO)[C@@H](O)[C@H](O)[C@@H]4O)[C@@H](O)[C@H](O[C@H]4O[C@H](CO)[C@@H](O)[C@H](O)[C@@H]4O[C@@H]4O[C@H](CO)[C@@H](O[C@@H]5O[C@H](CO)[C@H](O)[C@H](O)[C@H]5NC(C)=O)[C@H](O[C@@H]5O[C@@H](C)[C@@H](O)[C@@H](O)[C@@H]5O)[C@H]4NC(C)=O)[C@@H]3O)[C@H](O)[C@H]2NC(C)=O)[C@@H](CO[C@@H]2O[C@@H](C)[C@@H](O)[C@@H](O)[C@@H]2O)O[C@H]1O.